The fourth-order valence-electron chi connectivity index (χ4n) is 3.17. The number of quaternary nitrogens is 1. The van der Waals surface area contributed by atoms with E-state index < -0.39 is 11.6 Å². The van der Waals surface area contributed by atoms with Gasteiger partial charge in [-0.2, -0.15) is 0 Å². The number of nitrogens with one attached hydrogen (secondary N) is 1. The number of halogens is 2. The summed E-state index contributed by atoms with van der Waals surface area (Å²) in [6.45, 7) is 5.86. The van der Waals surface area contributed by atoms with Crippen molar-refractivity contribution in [3.8, 4) is 0 Å². The minimum atomic E-state index is -0.720. The van der Waals surface area contributed by atoms with Gasteiger partial charge in [0.15, 0.2) is 0 Å². The van der Waals surface area contributed by atoms with Crippen LogP contribution in [0.3, 0.4) is 0 Å². The molecule has 3 nitrogen and oxygen atoms in total. The van der Waals surface area contributed by atoms with E-state index in [4.69, 9.17) is 0 Å². The number of piperazine rings is 1. The zero-order chi connectivity index (χ0) is 17.1. The molecule has 0 atom stereocenters. The number of amides is 1. The molecular formula is C19H21F2N2O+. The molecule has 1 N–H and O–H groups in total. The molecule has 3 rings (SSSR count). The molecule has 1 saturated heterocycles. The van der Waals surface area contributed by atoms with Gasteiger partial charge >= 0.3 is 0 Å². The van der Waals surface area contributed by atoms with E-state index in [1.165, 1.54) is 16.0 Å². The lowest BCUT2D eigenvalue weighted by Crippen LogP contribution is -3.13. The lowest BCUT2D eigenvalue weighted by molar-refractivity contribution is -0.917. The minimum absolute atomic E-state index is 0.0784. The molecule has 2 aromatic carbocycles. The summed E-state index contributed by atoms with van der Waals surface area (Å²) < 4.78 is 26.6. The zero-order valence-electron chi connectivity index (χ0n) is 13.7. The number of aryl methyl sites for hydroxylation is 1. The number of rotatable bonds is 3. The van der Waals surface area contributed by atoms with E-state index in [0.29, 0.717) is 13.1 Å². The van der Waals surface area contributed by atoms with Crippen molar-refractivity contribution >= 4 is 5.91 Å². The Labute approximate surface area is 140 Å². The Morgan fingerprint density at radius 2 is 1.75 bits per heavy atom. The molecule has 0 bridgehead atoms. The number of hydrogen-bond acceptors (Lipinski definition) is 1. The maximum absolute atomic E-state index is 13.3. The molecule has 126 valence electrons. The third-order valence-corrected chi connectivity index (χ3v) is 4.40. The van der Waals surface area contributed by atoms with E-state index in [0.717, 1.165) is 37.8 Å². The molecule has 0 aromatic heterocycles. The monoisotopic (exact) mass is 331 g/mol. The lowest BCUT2D eigenvalue weighted by Gasteiger charge is -2.32. The number of hydrogen-bond donors (Lipinski definition) is 1. The summed E-state index contributed by atoms with van der Waals surface area (Å²) >= 11 is 0. The molecule has 5 heteroatoms. The second-order valence-corrected chi connectivity index (χ2v) is 6.37. The molecule has 1 fully saturated rings. The predicted molar refractivity (Wildman–Crippen MR) is 87.8 cm³/mol. The molecule has 1 heterocycles. The molecule has 0 aliphatic carbocycles. The van der Waals surface area contributed by atoms with Crippen LogP contribution in [0, 0.1) is 18.6 Å². The van der Waals surface area contributed by atoms with Crippen LogP contribution in [-0.4, -0.2) is 37.0 Å². The highest BCUT2D eigenvalue weighted by Gasteiger charge is 2.25. The van der Waals surface area contributed by atoms with Crippen LogP contribution >= 0.6 is 0 Å². The van der Waals surface area contributed by atoms with E-state index in [1.54, 1.807) is 4.90 Å². The summed E-state index contributed by atoms with van der Waals surface area (Å²) in [5.74, 6) is -1.74. The first kappa shape index (κ1) is 16.6. The van der Waals surface area contributed by atoms with Gasteiger partial charge in [-0.05, 0) is 19.1 Å². The molecule has 0 saturated carbocycles. The van der Waals surface area contributed by atoms with Crippen LogP contribution in [0.4, 0.5) is 8.78 Å². The van der Waals surface area contributed by atoms with Gasteiger partial charge in [0, 0.05) is 17.2 Å². The molecular weight excluding hydrogens is 310 g/mol. The van der Waals surface area contributed by atoms with E-state index in [1.807, 2.05) is 0 Å². The van der Waals surface area contributed by atoms with Crippen LogP contribution in [0.1, 0.15) is 21.5 Å². The van der Waals surface area contributed by atoms with Crippen molar-refractivity contribution in [2.45, 2.75) is 13.5 Å². The minimum Gasteiger partial charge on any atom is -0.328 e. The first-order valence-electron chi connectivity index (χ1n) is 8.16. The second kappa shape index (κ2) is 7.09. The standard InChI is InChI=1S/C19H20F2N2O/c1-14-3-2-4-15(9-14)13-22-5-7-23(8-6-22)19(24)16-10-17(20)12-18(21)11-16/h2-4,9-12H,5-8,13H2,1H3/p+1. The Hall–Kier alpha value is -2.27. The average Bonchev–Trinajstić information content (AvgIpc) is 2.54. The average molecular weight is 331 g/mol. The Morgan fingerprint density at radius 3 is 2.38 bits per heavy atom. The van der Waals surface area contributed by atoms with Crippen LogP contribution in [0.5, 0.6) is 0 Å². The highest BCUT2D eigenvalue weighted by molar-refractivity contribution is 5.94. The quantitative estimate of drug-likeness (QED) is 0.912. The number of benzene rings is 2. The van der Waals surface area contributed by atoms with Crippen molar-refractivity contribution in [1.82, 2.24) is 4.90 Å². The molecule has 1 amide bonds. The van der Waals surface area contributed by atoms with E-state index in [2.05, 4.69) is 31.2 Å². The fourth-order valence-corrected chi connectivity index (χ4v) is 3.17. The molecule has 24 heavy (non-hydrogen) atoms. The largest absolute Gasteiger partial charge is 0.328 e. The normalized spacial score (nSPS) is 15.5. The van der Waals surface area contributed by atoms with Crippen LogP contribution in [0.2, 0.25) is 0 Å². The van der Waals surface area contributed by atoms with Crippen LogP contribution in [0.15, 0.2) is 42.5 Å². The number of nitrogens with zero attached hydrogens (tertiary/aromatic N) is 1. The van der Waals surface area contributed by atoms with E-state index in [9.17, 15) is 13.6 Å². The fraction of sp³-hybridized carbons (Fsp3) is 0.316. The van der Waals surface area contributed by atoms with Gasteiger partial charge < -0.3 is 9.80 Å². The van der Waals surface area contributed by atoms with E-state index in [-0.39, 0.29) is 11.5 Å². The van der Waals surface area contributed by atoms with Crippen LogP contribution < -0.4 is 4.90 Å². The van der Waals surface area contributed by atoms with Crippen molar-refractivity contribution in [3.63, 3.8) is 0 Å². The van der Waals surface area contributed by atoms with Crippen molar-refractivity contribution < 1.29 is 18.5 Å². The van der Waals surface area contributed by atoms with Crippen molar-refractivity contribution in [3.05, 3.63) is 70.8 Å². The summed E-state index contributed by atoms with van der Waals surface area (Å²) in [6, 6.07) is 11.4. The molecule has 1 aliphatic rings. The molecule has 0 unspecified atom stereocenters. The molecule has 0 radical (unpaired) electrons. The first-order valence-corrected chi connectivity index (χ1v) is 8.16. The van der Waals surface area contributed by atoms with Gasteiger partial charge in [-0.25, -0.2) is 8.78 Å². The molecule has 0 spiro atoms. The van der Waals surface area contributed by atoms with Gasteiger partial charge in [-0.3, -0.25) is 4.79 Å². The highest BCUT2D eigenvalue weighted by atomic mass is 19.1. The zero-order valence-corrected chi connectivity index (χ0v) is 13.7. The van der Waals surface area contributed by atoms with Gasteiger partial charge in [0.2, 0.25) is 0 Å². The predicted octanol–water partition coefficient (Wildman–Crippen LogP) is 1.81. The second-order valence-electron chi connectivity index (χ2n) is 6.37. The smallest absolute Gasteiger partial charge is 0.254 e. The first-order chi connectivity index (χ1) is 11.5. The Morgan fingerprint density at radius 1 is 1.08 bits per heavy atom. The van der Waals surface area contributed by atoms with Gasteiger partial charge in [0.05, 0.1) is 26.2 Å². The van der Waals surface area contributed by atoms with Crippen molar-refractivity contribution in [2.75, 3.05) is 26.2 Å². The van der Waals surface area contributed by atoms with E-state index >= 15 is 0 Å². The third-order valence-electron chi connectivity index (χ3n) is 4.40. The van der Waals surface area contributed by atoms with Gasteiger partial charge in [-0.1, -0.05) is 29.8 Å². The summed E-state index contributed by atoms with van der Waals surface area (Å²) in [7, 11) is 0. The summed E-state index contributed by atoms with van der Waals surface area (Å²) in [6.07, 6.45) is 0. The van der Waals surface area contributed by atoms with Crippen LogP contribution in [0.25, 0.3) is 0 Å². The van der Waals surface area contributed by atoms with Crippen LogP contribution in [-0.2, 0) is 6.54 Å². The van der Waals surface area contributed by atoms with Gasteiger partial charge in [-0.15, -0.1) is 0 Å². The topological polar surface area (TPSA) is 24.8 Å². The maximum atomic E-state index is 13.3. The number of carbonyl (C=O) groups excluding carboxylic acids is 1. The maximum Gasteiger partial charge on any atom is 0.254 e. The highest BCUT2D eigenvalue weighted by Crippen LogP contribution is 2.11. The summed E-state index contributed by atoms with van der Waals surface area (Å²) in [5.41, 5.74) is 2.61. The Bertz CT molecular complexity index is 720. The third kappa shape index (κ3) is 3.97. The summed E-state index contributed by atoms with van der Waals surface area (Å²) in [4.78, 5) is 15.5. The lowest BCUT2D eigenvalue weighted by atomic mass is 10.1. The van der Waals surface area contributed by atoms with Gasteiger partial charge in [0.25, 0.3) is 5.91 Å². The summed E-state index contributed by atoms with van der Waals surface area (Å²) in [5, 5.41) is 0. The van der Waals surface area contributed by atoms with Crippen molar-refractivity contribution in [1.29, 1.82) is 0 Å². The van der Waals surface area contributed by atoms with Crippen molar-refractivity contribution in [2.24, 2.45) is 0 Å². The molecule has 1 aliphatic heterocycles. The number of carbonyl (C=O) groups is 1. The molecule has 2 aromatic rings. The SMILES string of the molecule is Cc1cccc(C[NH+]2CCN(C(=O)c3cc(F)cc(F)c3)CC2)c1. The Kier molecular flexibility index (Phi) is 4.90. The Balaban J connectivity index is 1.59. The van der Waals surface area contributed by atoms with Gasteiger partial charge in [0.1, 0.15) is 18.2 Å².